The summed E-state index contributed by atoms with van der Waals surface area (Å²) in [5.74, 6) is 1.02. The first-order chi connectivity index (χ1) is 6.14. The molecule has 0 aromatic rings. The van der Waals surface area contributed by atoms with E-state index in [2.05, 4.69) is 19.2 Å². The van der Waals surface area contributed by atoms with Gasteiger partial charge in [-0.05, 0) is 55.4 Å². The summed E-state index contributed by atoms with van der Waals surface area (Å²) in [5.41, 5.74) is 1.46. The summed E-state index contributed by atoms with van der Waals surface area (Å²) in [6, 6.07) is 0.904. The van der Waals surface area contributed by atoms with Gasteiger partial charge in [-0.3, -0.25) is 0 Å². The van der Waals surface area contributed by atoms with Crippen molar-refractivity contribution in [2.24, 2.45) is 16.7 Å². The highest BCUT2D eigenvalue weighted by atomic mass is 15.0. The second-order valence-electron chi connectivity index (χ2n) is 6.12. The zero-order valence-corrected chi connectivity index (χ0v) is 8.90. The predicted molar refractivity (Wildman–Crippen MR) is 54.6 cm³/mol. The molecular formula is C12H21N. The van der Waals surface area contributed by atoms with Crippen molar-refractivity contribution in [3.63, 3.8) is 0 Å². The van der Waals surface area contributed by atoms with Crippen molar-refractivity contribution in [2.45, 2.75) is 52.0 Å². The van der Waals surface area contributed by atoms with Gasteiger partial charge in [0.2, 0.25) is 0 Å². The van der Waals surface area contributed by atoms with Crippen molar-refractivity contribution in [3.05, 3.63) is 0 Å². The molecule has 0 bridgehead atoms. The third-order valence-corrected chi connectivity index (χ3v) is 5.01. The van der Waals surface area contributed by atoms with Gasteiger partial charge in [0, 0.05) is 6.04 Å². The van der Waals surface area contributed by atoms with Crippen LogP contribution < -0.4 is 5.32 Å². The Morgan fingerprint density at radius 1 is 1.23 bits per heavy atom. The summed E-state index contributed by atoms with van der Waals surface area (Å²) in [6.07, 6.45) is 7.36. The third-order valence-electron chi connectivity index (χ3n) is 5.01. The molecule has 1 nitrogen and oxygen atoms in total. The molecule has 0 amide bonds. The molecule has 2 unspecified atom stereocenters. The highest BCUT2D eigenvalue weighted by molar-refractivity contribution is 5.17. The van der Waals surface area contributed by atoms with Gasteiger partial charge in [-0.25, -0.2) is 0 Å². The van der Waals surface area contributed by atoms with Crippen LogP contribution >= 0.6 is 0 Å². The van der Waals surface area contributed by atoms with E-state index in [9.17, 15) is 0 Å². The van der Waals surface area contributed by atoms with Crippen LogP contribution in [0, 0.1) is 16.7 Å². The molecule has 0 saturated heterocycles. The van der Waals surface area contributed by atoms with Crippen molar-refractivity contribution in [1.82, 2.24) is 5.32 Å². The highest BCUT2D eigenvalue weighted by Gasteiger charge is 2.67. The van der Waals surface area contributed by atoms with Crippen molar-refractivity contribution in [1.29, 1.82) is 0 Å². The monoisotopic (exact) mass is 179 g/mol. The lowest BCUT2D eigenvalue weighted by Crippen LogP contribution is -2.39. The Balaban J connectivity index is 1.53. The number of hydrogen-bond acceptors (Lipinski definition) is 1. The van der Waals surface area contributed by atoms with E-state index in [0.29, 0.717) is 5.41 Å². The number of rotatable bonds is 3. The Morgan fingerprint density at radius 3 is 2.38 bits per heavy atom. The SMILES string of the molecule is CC1(C)CCC12CC2CNC1CC1. The van der Waals surface area contributed by atoms with Crippen LogP contribution in [0.4, 0.5) is 0 Å². The average Bonchev–Trinajstić information content (AvgIpc) is 2.94. The molecule has 0 aromatic carbocycles. The zero-order chi connectivity index (χ0) is 9.10. The standard InChI is InChI=1S/C12H21N/c1-11(2)5-6-12(11)7-9(12)8-13-10-3-4-10/h9-10,13H,3-8H2,1-2H3. The Kier molecular flexibility index (Phi) is 1.47. The van der Waals surface area contributed by atoms with Gasteiger partial charge in [-0.1, -0.05) is 13.8 Å². The molecule has 0 aliphatic heterocycles. The van der Waals surface area contributed by atoms with Crippen LogP contribution in [0.2, 0.25) is 0 Å². The summed E-state index contributed by atoms with van der Waals surface area (Å²) in [4.78, 5) is 0. The number of hydrogen-bond donors (Lipinski definition) is 1. The smallest absolute Gasteiger partial charge is 0.00683 e. The van der Waals surface area contributed by atoms with Crippen LogP contribution in [0.25, 0.3) is 0 Å². The molecule has 0 heterocycles. The Hall–Kier alpha value is -0.0400. The van der Waals surface area contributed by atoms with Gasteiger partial charge in [0.25, 0.3) is 0 Å². The topological polar surface area (TPSA) is 12.0 Å². The van der Waals surface area contributed by atoms with E-state index < -0.39 is 0 Å². The van der Waals surface area contributed by atoms with Crippen LogP contribution in [-0.2, 0) is 0 Å². The second-order valence-corrected chi connectivity index (χ2v) is 6.12. The first-order valence-corrected chi connectivity index (χ1v) is 5.87. The molecule has 1 N–H and O–H groups in total. The molecule has 0 aromatic heterocycles. The molecule has 1 heteroatoms. The fourth-order valence-electron chi connectivity index (χ4n) is 3.33. The minimum absolute atomic E-state index is 0.670. The van der Waals surface area contributed by atoms with E-state index in [0.717, 1.165) is 17.4 Å². The molecule has 3 aliphatic rings. The number of nitrogens with one attached hydrogen (secondary N) is 1. The van der Waals surface area contributed by atoms with Crippen molar-refractivity contribution in [2.75, 3.05) is 6.54 Å². The van der Waals surface area contributed by atoms with E-state index in [1.807, 2.05) is 0 Å². The van der Waals surface area contributed by atoms with Crippen LogP contribution in [0.5, 0.6) is 0 Å². The molecule has 3 aliphatic carbocycles. The average molecular weight is 179 g/mol. The Morgan fingerprint density at radius 2 is 2.00 bits per heavy atom. The fraction of sp³-hybridized carbons (Fsp3) is 1.00. The van der Waals surface area contributed by atoms with E-state index in [4.69, 9.17) is 0 Å². The minimum Gasteiger partial charge on any atom is -0.314 e. The van der Waals surface area contributed by atoms with E-state index in [1.165, 1.54) is 38.6 Å². The van der Waals surface area contributed by atoms with E-state index in [1.54, 1.807) is 0 Å². The van der Waals surface area contributed by atoms with Crippen molar-refractivity contribution in [3.8, 4) is 0 Å². The first-order valence-electron chi connectivity index (χ1n) is 5.87. The molecule has 0 radical (unpaired) electrons. The molecule has 3 fully saturated rings. The second kappa shape index (κ2) is 2.31. The highest BCUT2D eigenvalue weighted by Crippen LogP contribution is 2.74. The first kappa shape index (κ1) is 8.28. The normalized spacial score (nSPS) is 46.2. The van der Waals surface area contributed by atoms with Crippen LogP contribution in [0.3, 0.4) is 0 Å². The van der Waals surface area contributed by atoms with Gasteiger partial charge in [-0.2, -0.15) is 0 Å². The van der Waals surface area contributed by atoms with Crippen molar-refractivity contribution < 1.29 is 0 Å². The summed E-state index contributed by atoms with van der Waals surface area (Å²) in [6.45, 7) is 6.25. The van der Waals surface area contributed by atoms with Gasteiger partial charge >= 0.3 is 0 Å². The lowest BCUT2D eigenvalue weighted by Gasteiger charge is -2.47. The molecule has 13 heavy (non-hydrogen) atoms. The maximum absolute atomic E-state index is 3.68. The van der Waals surface area contributed by atoms with E-state index in [-0.39, 0.29) is 0 Å². The van der Waals surface area contributed by atoms with Crippen LogP contribution in [0.1, 0.15) is 46.0 Å². The predicted octanol–water partition coefficient (Wildman–Crippen LogP) is 2.56. The lowest BCUT2D eigenvalue weighted by molar-refractivity contribution is 0.0305. The summed E-state index contributed by atoms with van der Waals surface area (Å²) in [5, 5.41) is 3.68. The van der Waals surface area contributed by atoms with Gasteiger partial charge in [0.1, 0.15) is 0 Å². The Bertz CT molecular complexity index is 229. The zero-order valence-electron chi connectivity index (χ0n) is 8.90. The van der Waals surface area contributed by atoms with Gasteiger partial charge in [-0.15, -0.1) is 0 Å². The van der Waals surface area contributed by atoms with Gasteiger partial charge < -0.3 is 5.32 Å². The molecule has 74 valence electrons. The fourth-order valence-corrected chi connectivity index (χ4v) is 3.33. The maximum atomic E-state index is 3.68. The summed E-state index contributed by atoms with van der Waals surface area (Å²) in [7, 11) is 0. The third kappa shape index (κ3) is 1.09. The largest absolute Gasteiger partial charge is 0.314 e. The summed E-state index contributed by atoms with van der Waals surface area (Å²) < 4.78 is 0. The van der Waals surface area contributed by atoms with Crippen molar-refractivity contribution >= 4 is 0 Å². The summed E-state index contributed by atoms with van der Waals surface area (Å²) >= 11 is 0. The lowest BCUT2D eigenvalue weighted by atomic mass is 9.58. The quantitative estimate of drug-likeness (QED) is 0.702. The molecule has 3 rings (SSSR count). The van der Waals surface area contributed by atoms with Gasteiger partial charge in [0.15, 0.2) is 0 Å². The molecule has 2 atom stereocenters. The van der Waals surface area contributed by atoms with Gasteiger partial charge in [0.05, 0.1) is 0 Å². The molecule has 3 saturated carbocycles. The van der Waals surface area contributed by atoms with Crippen LogP contribution in [0.15, 0.2) is 0 Å². The van der Waals surface area contributed by atoms with E-state index >= 15 is 0 Å². The molecule has 1 spiro atoms. The minimum atomic E-state index is 0.670. The van der Waals surface area contributed by atoms with Crippen LogP contribution in [-0.4, -0.2) is 12.6 Å². The Labute approximate surface area is 81.3 Å². The molecular weight excluding hydrogens is 158 g/mol. The maximum Gasteiger partial charge on any atom is 0.00683 e.